The highest BCUT2D eigenvalue weighted by Crippen LogP contribution is 2.25. The molecule has 0 saturated heterocycles. The highest BCUT2D eigenvalue weighted by Gasteiger charge is 2.19. The van der Waals surface area contributed by atoms with Crippen LogP contribution in [-0.2, 0) is 14.8 Å². The number of hydrogen-bond donors (Lipinski definition) is 1. The number of rotatable bonds is 9. The summed E-state index contributed by atoms with van der Waals surface area (Å²) in [5.41, 5.74) is 0.450. The van der Waals surface area contributed by atoms with E-state index in [0.29, 0.717) is 5.69 Å². The molecule has 0 aliphatic carbocycles. The maximum atomic E-state index is 13.7. The number of anilines is 1. The van der Waals surface area contributed by atoms with E-state index in [0.717, 1.165) is 16.1 Å². The number of carbonyl (C=O) groups is 1. The SMILES string of the molecule is C[C@H](Oc1ccccc1F)c1nnc(SCC(=O)Nc2ccc(S(=O)(=O)N(C)C)cc2)o1. The summed E-state index contributed by atoms with van der Waals surface area (Å²) in [6.45, 7) is 1.64. The van der Waals surface area contributed by atoms with Crippen molar-refractivity contribution < 1.29 is 26.8 Å². The number of aromatic nitrogens is 2. The Morgan fingerprint density at radius 3 is 2.53 bits per heavy atom. The Morgan fingerprint density at radius 1 is 1.19 bits per heavy atom. The van der Waals surface area contributed by atoms with E-state index in [4.69, 9.17) is 9.15 Å². The van der Waals surface area contributed by atoms with Gasteiger partial charge in [-0.15, -0.1) is 10.2 Å². The lowest BCUT2D eigenvalue weighted by molar-refractivity contribution is -0.113. The van der Waals surface area contributed by atoms with Gasteiger partial charge in [-0.25, -0.2) is 17.1 Å². The number of nitrogens with one attached hydrogen (secondary N) is 1. The average molecular weight is 481 g/mol. The van der Waals surface area contributed by atoms with Crippen LogP contribution in [0.4, 0.5) is 10.1 Å². The smallest absolute Gasteiger partial charge is 0.277 e. The third-order valence-corrected chi connectivity index (χ3v) is 6.80. The molecule has 0 saturated carbocycles. The molecular formula is C20H21FN4O5S2. The second-order valence-electron chi connectivity index (χ2n) is 6.75. The Labute approximate surface area is 189 Å². The average Bonchev–Trinajstić information content (AvgIpc) is 3.23. The lowest BCUT2D eigenvalue weighted by atomic mass is 10.3. The minimum Gasteiger partial charge on any atom is -0.478 e. The van der Waals surface area contributed by atoms with Gasteiger partial charge in [0.1, 0.15) is 0 Å². The third-order valence-electron chi connectivity index (χ3n) is 4.15. The number of carbonyl (C=O) groups excluding carboxylic acids is 1. The highest BCUT2D eigenvalue weighted by molar-refractivity contribution is 7.99. The molecule has 0 aliphatic heterocycles. The quantitative estimate of drug-likeness (QED) is 0.464. The van der Waals surface area contributed by atoms with E-state index in [2.05, 4.69) is 15.5 Å². The van der Waals surface area contributed by atoms with Crippen molar-refractivity contribution in [1.82, 2.24) is 14.5 Å². The van der Waals surface area contributed by atoms with E-state index in [1.54, 1.807) is 19.1 Å². The molecule has 1 amide bonds. The first-order valence-electron chi connectivity index (χ1n) is 9.36. The first-order valence-corrected chi connectivity index (χ1v) is 11.8. The second-order valence-corrected chi connectivity index (χ2v) is 9.82. The first-order chi connectivity index (χ1) is 15.2. The summed E-state index contributed by atoms with van der Waals surface area (Å²) in [6, 6.07) is 11.8. The van der Waals surface area contributed by atoms with Gasteiger partial charge in [-0.1, -0.05) is 23.9 Å². The number of sulfonamides is 1. The number of hydrogen-bond acceptors (Lipinski definition) is 8. The van der Waals surface area contributed by atoms with E-state index < -0.39 is 21.9 Å². The second kappa shape index (κ2) is 10.1. The molecule has 0 fully saturated rings. The fourth-order valence-corrected chi connectivity index (χ4v) is 3.94. The third kappa shape index (κ3) is 5.84. The number of halogens is 1. The van der Waals surface area contributed by atoms with E-state index in [9.17, 15) is 17.6 Å². The minimum absolute atomic E-state index is 0.0120. The molecule has 0 spiro atoms. The van der Waals surface area contributed by atoms with Gasteiger partial charge < -0.3 is 14.5 Å². The molecule has 0 aliphatic rings. The zero-order chi connectivity index (χ0) is 23.3. The zero-order valence-corrected chi connectivity index (χ0v) is 19.1. The molecule has 12 heteroatoms. The fourth-order valence-electron chi connectivity index (χ4n) is 2.47. The molecule has 0 bridgehead atoms. The van der Waals surface area contributed by atoms with Gasteiger partial charge in [-0.3, -0.25) is 4.79 Å². The van der Waals surface area contributed by atoms with Crippen molar-refractivity contribution in [2.75, 3.05) is 25.2 Å². The van der Waals surface area contributed by atoms with Crippen molar-refractivity contribution in [2.24, 2.45) is 0 Å². The number of benzene rings is 2. The summed E-state index contributed by atoms with van der Waals surface area (Å²) in [5.74, 6) is -0.641. The Hall–Kier alpha value is -2.96. The van der Waals surface area contributed by atoms with Crippen LogP contribution in [0.3, 0.4) is 0 Å². The molecule has 0 radical (unpaired) electrons. The van der Waals surface area contributed by atoms with Gasteiger partial charge in [0.15, 0.2) is 17.7 Å². The topological polar surface area (TPSA) is 115 Å². The van der Waals surface area contributed by atoms with Crippen LogP contribution in [0.25, 0.3) is 0 Å². The lowest BCUT2D eigenvalue weighted by Gasteiger charge is -2.12. The number of thioether (sulfide) groups is 1. The van der Waals surface area contributed by atoms with Crippen molar-refractivity contribution in [3.63, 3.8) is 0 Å². The van der Waals surface area contributed by atoms with Gasteiger partial charge in [0.25, 0.3) is 11.1 Å². The predicted octanol–water partition coefficient (Wildman–Crippen LogP) is 3.33. The Balaban J connectivity index is 1.52. The van der Waals surface area contributed by atoms with E-state index in [1.165, 1.54) is 50.5 Å². The van der Waals surface area contributed by atoms with Crippen molar-refractivity contribution >= 4 is 33.4 Å². The minimum atomic E-state index is -3.54. The summed E-state index contributed by atoms with van der Waals surface area (Å²) < 4.78 is 49.9. The van der Waals surface area contributed by atoms with Gasteiger partial charge in [0.2, 0.25) is 15.9 Å². The predicted molar refractivity (Wildman–Crippen MR) is 116 cm³/mol. The van der Waals surface area contributed by atoms with Gasteiger partial charge in [0.05, 0.1) is 10.6 Å². The Morgan fingerprint density at radius 2 is 1.88 bits per heavy atom. The fraction of sp³-hybridized carbons (Fsp3) is 0.250. The van der Waals surface area contributed by atoms with Crippen LogP contribution in [0.5, 0.6) is 5.75 Å². The van der Waals surface area contributed by atoms with E-state index in [-0.39, 0.29) is 33.4 Å². The molecule has 9 nitrogen and oxygen atoms in total. The standard InChI is InChI=1S/C20H21FN4O5S2/c1-13(29-17-7-5-4-6-16(17)21)19-23-24-20(30-19)31-12-18(26)22-14-8-10-15(11-9-14)32(27,28)25(2)3/h4-11,13H,12H2,1-3H3,(H,22,26)/t13-/m0/s1. The van der Waals surface area contributed by atoms with Gasteiger partial charge in [-0.2, -0.15) is 0 Å². The Bertz CT molecular complexity index is 1180. The van der Waals surface area contributed by atoms with Crippen LogP contribution in [0.15, 0.2) is 63.1 Å². The summed E-state index contributed by atoms with van der Waals surface area (Å²) in [4.78, 5) is 12.3. The summed E-state index contributed by atoms with van der Waals surface area (Å²) in [7, 11) is -0.653. The van der Waals surface area contributed by atoms with Crippen LogP contribution in [-0.4, -0.2) is 48.7 Å². The normalized spacial score (nSPS) is 12.5. The maximum absolute atomic E-state index is 13.7. The summed E-state index contributed by atoms with van der Waals surface area (Å²) >= 11 is 1.02. The van der Waals surface area contributed by atoms with E-state index >= 15 is 0 Å². The van der Waals surface area contributed by atoms with E-state index in [1.807, 2.05) is 0 Å². The molecule has 1 atom stereocenters. The van der Waals surface area contributed by atoms with Crippen LogP contribution >= 0.6 is 11.8 Å². The monoisotopic (exact) mass is 480 g/mol. The molecule has 1 heterocycles. The van der Waals surface area contributed by atoms with Gasteiger partial charge in [-0.05, 0) is 43.3 Å². The van der Waals surface area contributed by atoms with Crippen LogP contribution < -0.4 is 10.1 Å². The number of para-hydroxylation sites is 1. The molecule has 1 aromatic heterocycles. The molecule has 3 aromatic rings. The van der Waals surface area contributed by atoms with Crippen molar-refractivity contribution in [3.8, 4) is 5.75 Å². The van der Waals surface area contributed by atoms with Crippen molar-refractivity contribution in [1.29, 1.82) is 0 Å². The molecule has 1 N–H and O–H groups in total. The number of ether oxygens (including phenoxy) is 1. The molecule has 0 unspecified atom stereocenters. The van der Waals surface area contributed by atoms with Crippen LogP contribution in [0.1, 0.15) is 18.9 Å². The molecule has 2 aromatic carbocycles. The number of nitrogens with zero attached hydrogens (tertiary/aromatic N) is 3. The number of amides is 1. The molecule has 170 valence electrons. The molecule has 3 rings (SSSR count). The van der Waals surface area contributed by atoms with Crippen LogP contribution in [0.2, 0.25) is 0 Å². The van der Waals surface area contributed by atoms with Gasteiger partial charge >= 0.3 is 0 Å². The first kappa shape index (κ1) is 23.7. The Kier molecular flexibility index (Phi) is 7.48. The maximum Gasteiger partial charge on any atom is 0.277 e. The molecular weight excluding hydrogens is 459 g/mol. The van der Waals surface area contributed by atoms with Gasteiger partial charge in [0, 0.05) is 19.8 Å². The zero-order valence-electron chi connectivity index (χ0n) is 17.5. The summed E-state index contributed by atoms with van der Waals surface area (Å²) in [5, 5.41) is 10.6. The highest BCUT2D eigenvalue weighted by atomic mass is 32.2. The van der Waals surface area contributed by atoms with Crippen molar-refractivity contribution in [2.45, 2.75) is 23.1 Å². The van der Waals surface area contributed by atoms with Crippen molar-refractivity contribution in [3.05, 3.63) is 60.2 Å². The largest absolute Gasteiger partial charge is 0.478 e. The van der Waals surface area contributed by atoms with Crippen LogP contribution in [0, 0.1) is 5.82 Å². The summed E-state index contributed by atoms with van der Waals surface area (Å²) in [6.07, 6.45) is -0.681. The lowest BCUT2D eigenvalue weighted by Crippen LogP contribution is -2.22. The molecule has 32 heavy (non-hydrogen) atoms.